The number of aromatic nitrogens is 1. The Balaban J connectivity index is 1.59. The molecule has 5 rings (SSSR count). The predicted octanol–water partition coefficient (Wildman–Crippen LogP) is 7.69. The molecule has 0 amide bonds. The van der Waals surface area contributed by atoms with Crippen LogP contribution in [0.15, 0.2) is 94.6 Å². The molecule has 61 heavy (non-hydrogen) atoms. The fourth-order valence-electron chi connectivity index (χ4n) is 7.77. The van der Waals surface area contributed by atoms with Crippen molar-refractivity contribution in [3.63, 3.8) is 0 Å². The van der Waals surface area contributed by atoms with E-state index in [0.29, 0.717) is 67.3 Å². The van der Waals surface area contributed by atoms with Gasteiger partial charge < -0.3 is 10.0 Å². The van der Waals surface area contributed by atoms with E-state index in [1.54, 1.807) is 12.3 Å². The summed E-state index contributed by atoms with van der Waals surface area (Å²) >= 11 is 6.58. The second-order valence-corrected chi connectivity index (χ2v) is 21.4. The van der Waals surface area contributed by atoms with Gasteiger partial charge in [-0.3, -0.25) is 18.5 Å². The van der Waals surface area contributed by atoms with Crippen LogP contribution in [0.5, 0.6) is 0 Å². The van der Waals surface area contributed by atoms with Crippen LogP contribution in [0.4, 0.5) is 11.5 Å². The maximum Gasteiger partial charge on any atom is 0.327 e. The molecule has 2 aliphatic heterocycles. The summed E-state index contributed by atoms with van der Waals surface area (Å²) in [7, 11) is -12.8. The number of carboxylic acids is 1. The average molecular weight is 920 g/mol. The second-order valence-electron chi connectivity index (χ2n) is 16.4. The first-order chi connectivity index (χ1) is 28.4. The van der Waals surface area contributed by atoms with E-state index >= 15 is 0 Å². The smallest absolute Gasteiger partial charge is 0.327 e. The molecule has 2 aliphatic rings. The Bertz CT molecular complexity index is 2630. The number of halogens is 1. The van der Waals surface area contributed by atoms with Crippen LogP contribution in [-0.2, 0) is 58.9 Å². The molecule has 18 heteroatoms. The fourth-order valence-corrected chi connectivity index (χ4v) is 9.64. The molecule has 0 radical (unpaired) electrons. The number of carbonyl (C=O) groups is 1. The lowest BCUT2D eigenvalue weighted by Gasteiger charge is -2.27. The average Bonchev–Trinajstić information content (AvgIpc) is 3.53. The first-order valence-corrected chi connectivity index (χ1v) is 24.9. The monoisotopic (exact) mass is 918 g/mol. The van der Waals surface area contributed by atoms with Crippen molar-refractivity contribution in [2.24, 2.45) is 4.99 Å². The van der Waals surface area contributed by atoms with Crippen LogP contribution in [0.3, 0.4) is 0 Å². The lowest BCUT2D eigenvalue weighted by Crippen LogP contribution is -2.35. The topological polar surface area (TPSA) is 220 Å². The second kappa shape index (κ2) is 19.0. The number of unbranched alkanes of at least 4 members (excludes halogenated alkanes) is 3. The van der Waals surface area contributed by atoms with Crippen molar-refractivity contribution in [2.75, 3.05) is 23.0 Å². The number of benzene rings is 2. The Morgan fingerprint density at radius 1 is 0.836 bits per heavy atom. The molecule has 0 saturated carbocycles. The molecule has 2 aromatic carbocycles. The standard InChI is InChI=1S/C43H52ClN3O11S3/c1-42(2)36-27-33(44)29-46(22-7-9-24-59(50,51)52)41(36)45-38(42)20-16-31(32-14-11-13-30(26-32)12-5-6-15-40(48)49)17-21-39-43(3,4)35-28-34(61(56,57)58)18-19-37(35)47(39)23-8-10-25-60(53,54)55/h11,13-14,16-21,26-29H,5-10,12,15,22-25H2,1-4H3,(H3-,48,49,50,51,52,53,54,55,56,57,58)/p+1. The summed E-state index contributed by atoms with van der Waals surface area (Å²) in [6, 6.07) is 14.2. The number of aliphatic imine (C=N–C) groups is 1. The van der Waals surface area contributed by atoms with Gasteiger partial charge in [-0.05, 0) is 122 Å². The summed E-state index contributed by atoms with van der Waals surface area (Å²) in [5.74, 6) is -0.935. The molecular weight excluding hydrogens is 866 g/mol. The molecule has 0 saturated heterocycles. The Morgan fingerprint density at radius 2 is 1.52 bits per heavy atom. The summed E-state index contributed by atoms with van der Waals surface area (Å²) in [6.45, 7) is 8.69. The van der Waals surface area contributed by atoms with Crippen LogP contribution in [0.25, 0.3) is 5.57 Å². The highest BCUT2D eigenvalue weighted by molar-refractivity contribution is 7.86. The van der Waals surface area contributed by atoms with Crippen molar-refractivity contribution in [1.29, 1.82) is 0 Å². The molecule has 0 spiro atoms. The number of aryl methyl sites for hydroxylation is 2. The van der Waals surface area contributed by atoms with Gasteiger partial charge in [0.1, 0.15) is 6.20 Å². The maximum absolute atomic E-state index is 12.2. The number of carboxylic acid groups (broad SMARTS) is 1. The van der Waals surface area contributed by atoms with Gasteiger partial charge in [0.15, 0.2) is 5.71 Å². The number of nitrogens with zero attached hydrogens (tertiary/aromatic N) is 3. The van der Waals surface area contributed by atoms with E-state index in [1.165, 1.54) is 12.1 Å². The van der Waals surface area contributed by atoms with Crippen molar-refractivity contribution in [3.8, 4) is 0 Å². The Kier molecular flexibility index (Phi) is 14.9. The van der Waals surface area contributed by atoms with Gasteiger partial charge in [0, 0.05) is 29.8 Å². The highest BCUT2D eigenvalue weighted by atomic mass is 35.5. The number of hydrogen-bond acceptors (Lipinski definition) is 9. The van der Waals surface area contributed by atoms with Crippen LogP contribution in [0.1, 0.15) is 94.9 Å². The minimum atomic E-state index is -4.52. The van der Waals surface area contributed by atoms with Crippen LogP contribution in [0, 0.1) is 0 Å². The van der Waals surface area contributed by atoms with Crippen molar-refractivity contribution >= 4 is 70.7 Å². The molecule has 14 nitrogen and oxygen atoms in total. The first kappa shape index (κ1) is 47.8. The highest BCUT2D eigenvalue weighted by Gasteiger charge is 2.43. The molecule has 4 N–H and O–H groups in total. The van der Waals surface area contributed by atoms with E-state index in [2.05, 4.69) is 0 Å². The van der Waals surface area contributed by atoms with Gasteiger partial charge in [0.2, 0.25) is 0 Å². The van der Waals surface area contributed by atoms with Crippen molar-refractivity contribution in [3.05, 3.63) is 112 Å². The Hall–Kier alpha value is -4.23. The highest BCUT2D eigenvalue weighted by Crippen LogP contribution is 2.49. The van der Waals surface area contributed by atoms with Gasteiger partial charge in [0.25, 0.3) is 30.4 Å². The van der Waals surface area contributed by atoms with E-state index in [4.69, 9.17) is 21.7 Å². The van der Waals surface area contributed by atoms with Gasteiger partial charge in [-0.1, -0.05) is 61.9 Å². The van der Waals surface area contributed by atoms with Crippen molar-refractivity contribution in [1.82, 2.24) is 0 Å². The normalized spacial score (nSPS) is 16.9. The van der Waals surface area contributed by atoms with Gasteiger partial charge >= 0.3 is 11.8 Å². The molecule has 0 aliphatic carbocycles. The molecule has 1 aromatic heterocycles. The summed E-state index contributed by atoms with van der Waals surface area (Å²) in [6.07, 6.45) is 12.7. The summed E-state index contributed by atoms with van der Waals surface area (Å²) in [5, 5.41) is 9.62. The minimum absolute atomic E-state index is 0.0768. The molecule has 330 valence electrons. The number of anilines is 1. The Morgan fingerprint density at radius 3 is 2.18 bits per heavy atom. The number of rotatable bonds is 20. The predicted molar refractivity (Wildman–Crippen MR) is 237 cm³/mol. The number of aliphatic carboxylic acids is 1. The third-order valence-corrected chi connectivity index (χ3v) is 13.7. The van der Waals surface area contributed by atoms with Gasteiger partial charge in [0.05, 0.1) is 38.9 Å². The van der Waals surface area contributed by atoms with Gasteiger partial charge in [-0.25, -0.2) is 4.57 Å². The zero-order chi connectivity index (χ0) is 45.0. The van der Waals surface area contributed by atoms with Gasteiger partial charge in [-0.15, -0.1) is 0 Å². The molecule has 3 heterocycles. The SMILES string of the molecule is CC1(C)C(/C=C/C(=C/C=C2\N(CCCCS(=O)(=O)O)c3ccc(S(=O)(=O)O)cc3C2(C)C)c2cccc(CCCCC(=O)O)c2)=Nc2c1cc(Cl)c[n+]2CCCCS(=O)(=O)O. The number of hydrogen-bond donors (Lipinski definition) is 4. The molecule has 0 bridgehead atoms. The summed E-state index contributed by atoms with van der Waals surface area (Å²) < 4.78 is 100. The molecule has 0 atom stereocenters. The molecular formula is C43H53ClN3O11S3+. The summed E-state index contributed by atoms with van der Waals surface area (Å²) in [5.41, 5.74) is 4.97. The van der Waals surface area contributed by atoms with E-state index in [1.807, 2.05) is 91.8 Å². The quantitative estimate of drug-likeness (QED) is 0.0371. The van der Waals surface area contributed by atoms with E-state index in [-0.39, 0.29) is 29.9 Å². The van der Waals surface area contributed by atoms with Gasteiger partial charge in [-0.2, -0.15) is 25.3 Å². The largest absolute Gasteiger partial charge is 0.481 e. The minimum Gasteiger partial charge on any atom is -0.481 e. The molecule has 0 fully saturated rings. The third kappa shape index (κ3) is 12.5. The number of allylic oxidation sites excluding steroid dienone is 6. The third-order valence-electron chi connectivity index (χ3n) is 11.1. The van der Waals surface area contributed by atoms with Crippen molar-refractivity contribution in [2.45, 2.75) is 101 Å². The van der Waals surface area contributed by atoms with Crippen LogP contribution >= 0.6 is 11.6 Å². The van der Waals surface area contributed by atoms with E-state index in [0.717, 1.165) is 33.7 Å². The Labute approximate surface area is 363 Å². The zero-order valence-corrected chi connectivity index (χ0v) is 37.8. The van der Waals surface area contributed by atoms with Crippen LogP contribution < -0.4 is 9.47 Å². The zero-order valence-electron chi connectivity index (χ0n) is 34.6. The maximum atomic E-state index is 12.2. The molecule has 3 aromatic rings. The van der Waals surface area contributed by atoms with E-state index in [9.17, 15) is 43.7 Å². The lowest BCUT2D eigenvalue weighted by atomic mass is 9.81. The number of pyridine rings is 1. The summed E-state index contributed by atoms with van der Waals surface area (Å²) in [4.78, 5) is 17.9. The van der Waals surface area contributed by atoms with Crippen LogP contribution in [-0.4, -0.2) is 73.7 Å². The first-order valence-electron chi connectivity index (χ1n) is 19.9. The van der Waals surface area contributed by atoms with E-state index < -0.39 is 52.9 Å². The fraction of sp³-hybridized carbons (Fsp3) is 0.419. The van der Waals surface area contributed by atoms with Crippen LogP contribution in [0.2, 0.25) is 5.02 Å². The number of fused-ring (bicyclic) bond motifs is 2. The van der Waals surface area contributed by atoms with Crippen molar-refractivity contribution < 1.29 is 53.4 Å². The lowest BCUT2D eigenvalue weighted by molar-refractivity contribution is -0.684. The molecule has 0 unspecified atom stereocenters.